The van der Waals surface area contributed by atoms with E-state index in [0.717, 1.165) is 75.3 Å². The van der Waals surface area contributed by atoms with Gasteiger partial charge in [-0.15, -0.1) is 11.3 Å². The summed E-state index contributed by atoms with van der Waals surface area (Å²) in [5.41, 5.74) is 6.57. The molecule has 2 amide bonds. The Bertz CT molecular complexity index is 1400. The lowest BCUT2D eigenvalue weighted by molar-refractivity contribution is -0.137. The summed E-state index contributed by atoms with van der Waals surface area (Å²) in [6.45, 7) is 18.9. The lowest BCUT2D eigenvalue weighted by atomic mass is 10.0. The minimum atomic E-state index is -4.44. The molecule has 14 heteroatoms. The smallest absolute Gasteiger partial charge is 0.397 e. The van der Waals surface area contributed by atoms with Crippen LogP contribution in [-0.2, 0) is 22.2 Å². The summed E-state index contributed by atoms with van der Waals surface area (Å²) in [6.07, 6.45) is 6.07. The van der Waals surface area contributed by atoms with Gasteiger partial charge in [0.1, 0.15) is 0 Å². The zero-order valence-corrected chi connectivity index (χ0v) is 35.0. The third kappa shape index (κ3) is 14.9. The third-order valence-electron chi connectivity index (χ3n) is 10.8. The minimum absolute atomic E-state index is 0.0627. The monoisotopic (exact) mass is 799 g/mol. The molecule has 0 radical (unpaired) electrons. The van der Waals surface area contributed by atoms with Gasteiger partial charge in [-0.3, -0.25) is 14.5 Å². The van der Waals surface area contributed by atoms with E-state index >= 15 is 0 Å². The Labute approximate surface area is 331 Å². The van der Waals surface area contributed by atoms with Gasteiger partial charge < -0.3 is 30.7 Å². The number of amides is 2. The molecular weight excluding hydrogens is 735 g/mol. The number of nitrogen functional groups attached to an aromatic ring is 1. The van der Waals surface area contributed by atoms with Crippen LogP contribution in [0.4, 0.5) is 24.5 Å². The number of hydrogen-bond donors (Lipinski definition) is 2. The van der Waals surface area contributed by atoms with Gasteiger partial charge in [0.2, 0.25) is 12.3 Å². The predicted octanol–water partition coefficient (Wildman–Crippen LogP) is 7.58. The number of piperidine rings is 2. The summed E-state index contributed by atoms with van der Waals surface area (Å²) < 4.78 is 36.8. The first-order valence-corrected chi connectivity index (χ1v) is 21.1. The molecule has 1 saturated carbocycles. The minimum Gasteiger partial charge on any atom is -0.397 e. The molecule has 1 aliphatic carbocycles. The second-order valence-electron chi connectivity index (χ2n) is 14.8. The van der Waals surface area contributed by atoms with Crippen molar-refractivity contribution in [1.82, 2.24) is 24.5 Å². The fraction of sp³-hybridized carbons (Fsp3) is 0.700. The number of aryl methyl sites for hydroxylation is 1. The van der Waals surface area contributed by atoms with E-state index in [0.29, 0.717) is 17.9 Å². The number of carbonyl (C=O) groups is 2. The highest BCUT2D eigenvalue weighted by Gasteiger charge is 2.34. The number of rotatable bonds is 10. The van der Waals surface area contributed by atoms with Crippen molar-refractivity contribution in [2.45, 2.75) is 97.3 Å². The molecule has 9 nitrogen and oxygen atoms in total. The second kappa shape index (κ2) is 23.0. The number of nitrogens with zero attached hydrogens (tertiary/aromatic N) is 5. The van der Waals surface area contributed by atoms with Crippen LogP contribution in [-0.4, -0.2) is 128 Å². The van der Waals surface area contributed by atoms with Crippen LogP contribution in [0.5, 0.6) is 0 Å². The van der Waals surface area contributed by atoms with E-state index < -0.39 is 17.4 Å². The molecule has 2 aromatic rings. The van der Waals surface area contributed by atoms with Crippen molar-refractivity contribution in [2.24, 2.45) is 5.92 Å². The lowest BCUT2D eigenvalue weighted by Crippen LogP contribution is -2.53. The normalized spacial score (nSPS) is 19.2. The number of benzene rings is 1. The topological polar surface area (TPSA) is 88.4 Å². The van der Waals surface area contributed by atoms with Gasteiger partial charge in [-0.2, -0.15) is 13.2 Å². The van der Waals surface area contributed by atoms with Crippen LogP contribution in [0.1, 0.15) is 82.4 Å². The van der Waals surface area contributed by atoms with E-state index in [1.54, 1.807) is 11.3 Å². The average molecular weight is 801 g/mol. The molecule has 0 spiro atoms. The Morgan fingerprint density at radius 1 is 1.00 bits per heavy atom. The quantitative estimate of drug-likeness (QED) is 0.189. The molecule has 306 valence electrons. The number of piperazine rings is 1. The number of likely N-dealkylation sites (N-methyl/N-ethyl adjacent to an activating group) is 1. The number of nitrogens with two attached hydrogens (primary N) is 1. The van der Waals surface area contributed by atoms with Crippen LogP contribution in [0, 0.1) is 12.8 Å². The maximum absolute atomic E-state index is 12.3. The van der Waals surface area contributed by atoms with Crippen molar-refractivity contribution in [2.75, 3.05) is 90.6 Å². The number of halogens is 4. The summed E-state index contributed by atoms with van der Waals surface area (Å²) in [6, 6.07) is 3.84. The maximum Gasteiger partial charge on any atom is 0.418 e. The number of hydrogen-bond acceptors (Lipinski definition) is 8. The van der Waals surface area contributed by atoms with Crippen LogP contribution >= 0.6 is 22.9 Å². The standard InChI is InChI=1S/C17H27N3OS.C13H25N3O.C8H7ClF3N.C2H6/c1-19(7-4-15-11-22-12-17(15)18-13-21)16-5-8-20(9-6-16)10-14-2-3-14;1-3-13(17)16-10-8-15(9-11-16)12-4-6-14(2)7-5-12;1-4-2-5(8(10,11)12)7(13)6(9)3-4;1-2/h11-14,16H,2-10H2,1H3,(H,18,21);12H,3-11H2,1-2H3;2-3H,13H2,1H3;1-2H3. The summed E-state index contributed by atoms with van der Waals surface area (Å²) in [4.78, 5) is 34.4. The van der Waals surface area contributed by atoms with Gasteiger partial charge in [0.25, 0.3) is 0 Å². The molecule has 4 fully saturated rings. The van der Waals surface area contributed by atoms with Gasteiger partial charge in [-0.1, -0.05) is 32.4 Å². The van der Waals surface area contributed by atoms with Crippen LogP contribution in [0.25, 0.3) is 0 Å². The van der Waals surface area contributed by atoms with Gasteiger partial charge in [-0.05, 0) is 127 Å². The highest BCUT2D eigenvalue weighted by Crippen LogP contribution is 2.37. The van der Waals surface area contributed by atoms with Crippen molar-refractivity contribution in [3.63, 3.8) is 0 Å². The number of thiophene rings is 1. The summed E-state index contributed by atoms with van der Waals surface area (Å²) in [5, 5.41) is 6.90. The fourth-order valence-electron chi connectivity index (χ4n) is 7.30. The van der Waals surface area contributed by atoms with Gasteiger partial charge in [-0.25, -0.2) is 0 Å². The van der Waals surface area contributed by atoms with E-state index in [1.807, 2.05) is 31.1 Å². The van der Waals surface area contributed by atoms with Gasteiger partial charge in [0.05, 0.1) is 22.0 Å². The first kappa shape index (κ1) is 46.0. The second-order valence-corrected chi connectivity index (χ2v) is 15.9. The number of alkyl halides is 3. The summed E-state index contributed by atoms with van der Waals surface area (Å²) in [7, 11) is 4.45. The molecule has 3 saturated heterocycles. The molecule has 54 heavy (non-hydrogen) atoms. The molecule has 3 N–H and O–H groups in total. The van der Waals surface area contributed by atoms with E-state index in [1.165, 1.54) is 89.8 Å². The summed E-state index contributed by atoms with van der Waals surface area (Å²) in [5.74, 6) is 1.32. The first-order valence-electron chi connectivity index (χ1n) is 19.8. The molecule has 0 bridgehead atoms. The zero-order valence-electron chi connectivity index (χ0n) is 33.4. The number of carbonyl (C=O) groups excluding carboxylic acids is 2. The molecule has 3 aliphatic heterocycles. The van der Waals surface area contributed by atoms with Crippen molar-refractivity contribution in [3.05, 3.63) is 44.6 Å². The van der Waals surface area contributed by atoms with E-state index in [9.17, 15) is 22.8 Å². The SMILES string of the molecule is CC.CCC(=O)N1CCN(C2CCN(C)CC2)CC1.CN(CCc1cscc1NC=O)C1CCN(CC2CC2)CC1.Cc1cc(Cl)c(N)c(C(F)(F)F)c1. The van der Waals surface area contributed by atoms with E-state index in [4.69, 9.17) is 17.3 Å². The maximum atomic E-state index is 12.3. The Hall–Kier alpha value is -2.42. The Kier molecular flexibility index (Phi) is 19.5. The predicted molar refractivity (Wildman–Crippen MR) is 218 cm³/mol. The molecular formula is C40H65ClF3N7O2S. The largest absolute Gasteiger partial charge is 0.418 e. The van der Waals surface area contributed by atoms with Crippen molar-refractivity contribution >= 4 is 46.6 Å². The van der Waals surface area contributed by atoms with Crippen LogP contribution in [0.2, 0.25) is 5.02 Å². The van der Waals surface area contributed by atoms with Crippen LogP contribution < -0.4 is 11.1 Å². The molecule has 4 heterocycles. The van der Waals surface area contributed by atoms with E-state index in [-0.39, 0.29) is 5.02 Å². The number of likely N-dealkylation sites (tertiary alicyclic amines) is 2. The van der Waals surface area contributed by atoms with Gasteiger partial charge >= 0.3 is 6.18 Å². The molecule has 0 atom stereocenters. The van der Waals surface area contributed by atoms with Crippen molar-refractivity contribution < 1.29 is 22.8 Å². The van der Waals surface area contributed by atoms with Gasteiger partial charge in [0.15, 0.2) is 0 Å². The van der Waals surface area contributed by atoms with Crippen LogP contribution in [0.15, 0.2) is 22.9 Å². The Morgan fingerprint density at radius 2 is 1.63 bits per heavy atom. The lowest BCUT2D eigenvalue weighted by Gasteiger charge is -2.42. The summed E-state index contributed by atoms with van der Waals surface area (Å²) >= 11 is 7.16. The molecule has 0 unspecified atom stereocenters. The highest BCUT2D eigenvalue weighted by atomic mass is 35.5. The number of nitrogens with one attached hydrogen (secondary N) is 1. The third-order valence-corrected chi connectivity index (χ3v) is 11.9. The van der Waals surface area contributed by atoms with E-state index in [2.05, 4.69) is 44.4 Å². The average Bonchev–Trinajstić information content (AvgIpc) is 3.88. The molecule has 1 aromatic carbocycles. The van der Waals surface area contributed by atoms with Crippen molar-refractivity contribution in [3.8, 4) is 0 Å². The Morgan fingerprint density at radius 3 is 2.19 bits per heavy atom. The van der Waals surface area contributed by atoms with Crippen LogP contribution in [0.3, 0.4) is 0 Å². The first-order chi connectivity index (χ1) is 25.8. The van der Waals surface area contributed by atoms with Crippen molar-refractivity contribution in [1.29, 1.82) is 0 Å². The molecule has 6 rings (SSSR count). The van der Waals surface area contributed by atoms with Gasteiger partial charge in [0, 0.05) is 63.2 Å². The Balaban J connectivity index is 0.000000220. The fourth-order valence-corrected chi connectivity index (χ4v) is 8.41. The highest BCUT2D eigenvalue weighted by molar-refractivity contribution is 7.08. The zero-order chi connectivity index (χ0) is 39.8. The molecule has 4 aliphatic rings. The molecule has 1 aromatic heterocycles. The number of anilines is 2.